The first-order valence-electron chi connectivity index (χ1n) is 8.14. The molecule has 1 aliphatic heterocycles. The van der Waals surface area contributed by atoms with Gasteiger partial charge >= 0.3 is 0 Å². The van der Waals surface area contributed by atoms with Crippen LogP contribution >= 0.6 is 11.8 Å². The Morgan fingerprint density at radius 1 is 1.35 bits per heavy atom. The maximum absolute atomic E-state index is 12.6. The molecule has 0 spiro atoms. The Hall–Kier alpha value is -1.42. The molecule has 1 aromatic rings. The summed E-state index contributed by atoms with van der Waals surface area (Å²) in [4.78, 5) is 13.3. The van der Waals surface area contributed by atoms with Crippen molar-refractivity contribution in [3.8, 4) is 0 Å². The van der Waals surface area contributed by atoms with E-state index in [2.05, 4.69) is 39.1 Å². The van der Waals surface area contributed by atoms with E-state index in [0.717, 1.165) is 23.6 Å². The number of anilines is 1. The van der Waals surface area contributed by atoms with Gasteiger partial charge in [-0.2, -0.15) is 0 Å². The molecule has 0 bridgehead atoms. The highest BCUT2D eigenvalue weighted by Crippen LogP contribution is 2.35. The van der Waals surface area contributed by atoms with E-state index < -0.39 is 0 Å². The Bertz CT molecular complexity index is 602. The maximum atomic E-state index is 12.6. The number of amides is 1. The molecule has 4 heteroatoms. The van der Waals surface area contributed by atoms with Gasteiger partial charge in [-0.3, -0.25) is 4.79 Å². The van der Waals surface area contributed by atoms with Crippen molar-refractivity contribution < 1.29 is 9.53 Å². The quantitative estimate of drug-likeness (QED) is 0.827. The topological polar surface area (TPSA) is 38.3 Å². The van der Waals surface area contributed by atoms with Gasteiger partial charge < -0.3 is 10.1 Å². The number of allylic oxidation sites excluding steroid dienone is 1. The van der Waals surface area contributed by atoms with Crippen molar-refractivity contribution in [1.82, 2.24) is 0 Å². The highest BCUT2D eigenvalue weighted by molar-refractivity contribution is 8.04. The second-order valence-electron chi connectivity index (χ2n) is 7.29. The van der Waals surface area contributed by atoms with Gasteiger partial charge in [-0.15, -0.1) is 11.8 Å². The minimum absolute atomic E-state index is 0.0670. The summed E-state index contributed by atoms with van der Waals surface area (Å²) in [6.45, 7) is 11.5. The second-order valence-corrected chi connectivity index (χ2v) is 8.39. The highest BCUT2D eigenvalue weighted by atomic mass is 32.2. The molecule has 0 saturated heterocycles. The monoisotopic (exact) mass is 333 g/mol. The Labute approximate surface area is 143 Å². The predicted molar refractivity (Wildman–Crippen MR) is 98.7 cm³/mol. The van der Waals surface area contributed by atoms with E-state index in [-0.39, 0.29) is 11.3 Å². The van der Waals surface area contributed by atoms with Crippen molar-refractivity contribution in [3.63, 3.8) is 0 Å². The average Bonchev–Trinajstić information content (AvgIpc) is 2.46. The molecule has 0 radical (unpaired) electrons. The van der Waals surface area contributed by atoms with Crippen LogP contribution in [0.2, 0.25) is 0 Å². The molecule has 1 aliphatic rings. The Morgan fingerprint density at radius 2 is 2.04 bits per heavy atom. The first-order valence-corrected chi connectivity index (χ1v) is 9.13. The van der Waals surface area contributed by atoms with E-state index in [1.165, 1.54) is 5.56 Å². The lowest BCUT2D eigenvalue weighted by molar-refractivity contribution is -0.112. The smallest absolute Gasteiger partial charge is 0.265 e. The third-order valence-corrected chi connectivity index (χ3v) is 4.97. The van der Waals surface area contributed by atoms with E-state index in [9.17, 15) is 4.79 Å². The lowest BCUT2D eigenvalue weighted by Gasteiger charge is -2.25. The lowest BCUT2D eigenvalue weighted by atomic mass is 9.82. The fraction of sp³-hybridized carbons (Fsp3) is 0.526. The van der Waals surface area contributed by atoms with E-state index in [1.807, 2.05) is 25.1 Å². The zero-order valence-corrected chi connectivity index (χ0v) is 15.5. The zero-order chi connectivity index (χ0) is 17.0. The number of benzene rings is 1. The van der Waals surface area contributed by atoms with Gasteiger partial charge in [0.15, 0.2) is 0 Å². The van der Waals surface area contributed by atoms with Crippen LogP contribution in [0.1, 0.15) is 52.5 Å². The number of hydrogen-bond acceptors (Lipinski definition) is 3. The summed E-state index contributed by atoms with van der Waals surface area (Å²) in [5.41, 5.74) is 2.35. The molecule has 126 valence electrons. The molecule has 3 nitrogen and oxygen atoms in total. The van der Waals surface area contributed by atoms with Crippen molar-refractivity contribution in [2.45, 2.75) is 47.0 Å². The summed E-state index contributed by atoms with van der Waals surface area (Å²) < 4.78 is 5.49. The van der Waals surface area contributed by atoms with Crippen LogP contribution in [0.5, 0.6) is 0 Å². The number of rotatable bonds is 4. The summed E-state index contributed by atoms with van der Waals surface area (Å²) in [7, 11) is 0. The molecule has 1 atom stereocenters. The van der Waals surface area contributed by atoms with Crippen molar-refractivity contribution in [1.29, 1.82) is 0 Å². The van der Waals surface area contributed by atoms with Gasteiger partial charge in [-0.1, -0.05) is 45.9 Å². The molecule has 0 saturated carbocycles. The van der Waals surface area contributed by atoms with Gasteiger partial charge in [-0.25, -0.2) is 0 Å². The zero-order valence-electron chi connectivity index (χ0n) is 14.7. The first-order chi connectivity index (χ1) is 10.8. The van der Waals surface area contributed by atoms with Crippen LogP contribution < -0.4 is 5.32 Å². The van der Waals surface area contributed by atoms with Gasteiger partial charge in [-0.05, 0) is 36.3 Å². The number of para-hydroxylation sites is 1. The van der Waals surface area contributed by atoms with Gasteiger partial charge in [0.2, 0.25) is 0 Å². The molecule has 1 unspecified atom stereocenters. The summed E-state index contributed by atoms with van der Waals surface area (Å²) >= 11 is 1.57. The van der Waals surface area contributed by atoms with Crippen molar-refractivity contribution >= 4 is 23.4 Å². The molecule has 1 amide bonds. The fourth-order valence-corrected chi connectivity index (χ4v) is 3.79. The Kier molecular flexibility index (Phi) is 5.79. The summed E-state index contributed by atoms with van der Waals surface area (Å²) in [5, 5.41) is 3.08. The standard InChI is InChI=1S/C19H27NO2S/c1-13(12-19(3,4)5)15-8-6-7-9-16(15)20-18(21)17-14(2)22-10-11-23-17/h6-9,13H,10-12H2,1-5H3,(H,20,21). The van der Waals surface area contributed by atoms with Crippen LogP contribution in [0.3, 0.4) is 0 Å². The Morgan fingerprint density at radius 3 is 2.70 bits per heavy atom. The second kappa shape index (κ2) is 7.43. The maximum Gasteiger partial charge on any atom is 0.265 e. The van der Waals surface area contributed by atoms with Gasteiger partial charge in [0, 0.05) is 11.4 Å². The minimum Gasteiger partial charge on any atom is -0.496 e. The van der Waals surface area contributed by atoms with Gasteiger partial charge in [0.1, 0.15) is 10.7 Å². The molecule has 2 rings (SSSR count). The lowest BCUT2D eigenvalue weighted by Crippen LogP contribution is -2.20. The summed E-state index contributed by atoms with van der Waals surface area (Å²) in [6.07, 6.45) is 1.07. The number of thioether (sulfide) groups is 1. The summed E-state index contributed by atoms with van der Waals surface area (Å²) in [5.74, 6) is 1.86. The third kappa shape index (κ3) is 5.03. The molecular weight excluding hydrogens is 306 g/mol. The van der Waals surface area contributed by atoms with Crippen LogP contribution in [0.15, 0.2) is 34.9 Å². The minimum atomic E-state index is -0.0670. The largest absolute Gasteiger partial charge is 0.496 e. The average molecular weight is 333 g/mol. The summed E-state index contributed by atoms with van der Waals surface area (Å²) in [6, 6.07) is 8.09. The van der Waals surface area contributed by atoms with Crippen molar-refractivity contribution in [2.75, 3.05) is 17.7 Å². The third-order valence-electron chi connectivity index (χ3n) is 3.83. The van der Waals surface area contributed by atoms with Gasteiger partial charge in [0.05, 0.1) is 6.61 Å². The van der Waals surface area contributed by atoms with Crippen molar-refractivity contribution in [3.05, 3.63) is 40.5 Å². The number of nitrogens with one attached hydrogen (secondary N) is 1. The number of carbonyl (C=O) groups excluding carboxylic acids is 1. The molecule has 1 N–H and O–H groups in total. The van der Waals surface area contributed by atoms with Crippen LogP contribution in [0.4, 0.5) is 5.69 Å². The normalized spacial score (nSPS) is 16.7. The predicted octanol–water partition coefficient (Wildman–Crippen LogP) is 5.16. The fourth-order valence-electron chi connectivity index (χ4n) is 2.98. The van der Waals surface area contributed by atoms with E-state index in [1.54, 1.807) is 11.8 Å². The number of ether oxygens (including phenoxy) is 1. The molecule has 0 aromatic heterocycles. The molecule has 0 aliphatic carbocycles. The Balaban J connectivity index is 2.19. The first kappa shape index (κ1) is 17.9. The van der Waals surface area contributed by atoms with Crippen LogP contribution in [0, 0.1) is 5.41 Å². The van der Waals surface area contributed by atoms with Crippen LogP contribution in [0.25, 0.3) is 0 Å². The number of hydrogen-bond donors (Lipinski definition) is 1. The van der Waals surface area contributed by atoms with Crippen molar-refractivity contribution in [2.24, 2.45) is 5.41 Å². The SMILES string of the molecule is CC1=C(C(=O)Nc2ccccc2C(C)CC(C)(C)C)SCCO1. The van der Waals surface area contributed by atoms with Crippen LogP contribution in [-0.4, -0.2) is 18.3 Å². The molecular formula is C19H27NO2S. The molecule has 1 aromatic carbocycles. The molecule has 1 heterocycles. The van der Waals surface area contributed by atoms with E-state index in [0.29, 0.717) is 17.4 Å². The van der Waals surface area contributed by atoms with E-state index in [4.69, 9.17) is 4.74 Å². The molecule has 0 fully saturated rings. The molecule has 23 heavy (non-hydrogen) atoms. The van der Waals surface area contributed by atoms with E-state index >= 15 is 0 Å². The number of carbonyl (C=O) groups is 1. The highest BCUT2D eigenvalue weighted by Gasteiger charge is 2.22. The van der Waals surface area contributed by atoms with Gasteiger partial charge in [0.25, 0.3) is 5.91 Å². The van der Waals surface area contributed by atoms with Crippen LogP contribution in [-0.2, 0) is 9.53 Å².